The van der Waals surface area contributed by atoms with Gasteiger partial charge in [-0.25, -0.2) is 14.1 Å². The van der Waals surface area contributed by atoms with E-state index in [1.807, 2.05) is 30.3 Å². The predicted molar refractivity (Wildman–Crippen MR) is 92.8 cm³/mol. The lowest BCUT2D eigenvalue weighted by molar-refractivity contribution is -0.131. The Morgan fingerprint density at radius 1 is 1.19 bits per heavy atom. The van der Waals surface area contributed by atoms with E-state index in [0.717, 1.165) is 10.5 Å². The molecule has 1 heterocycles. The monoisotopic (exact) mass is 357 g/mol. The highest BCUT2D eigenvalue weighted by Crippen LogP contribution is 2.33. The Morgan fingerprint density at radius 3 is 2.54 bits per heavy atom. The number of amides is 2. The van der Waals surface area contributed by atoms with E-state index in [9.17, 15) is 14.0 Å². The average molecular weight is 357 g/mol. The van der Waals surface area contributed by atoms with E-state index in [1.54, 1.807) is 0 Å². The van der Waals surface area contributed by atoms with Gasteiger partial charge >= 0.3 is 6.09 Å². The fraction of sp³-hybridized carbons (Fsp3) is 0.300. The van der Waals surface area contributed by atoms with Gasteiger partial charge in [0, 0.05) is 6.61 Å². The Bertz CT molecular complexity index is 763. The number of carbonyl (C=O) groups is 2. The molecule has 1 aliphatic rings. The maximum atomic E-state index is 13.2. The molecule has 0 aliphatic carbocycles. The molecule has 1 aliphatic heterocycles. The Hall–Kier alpha value is -2.73. The molecule has 6 heteroatoms. The second kappa shape index (κ2) is 8.10. The highest BCUT2D eigenvalue weighted by atomic mass is 19.1. The first-order chi connectivity index (χ1) is 12.6. The van der Waals surface area contributed by atoms with Gasteiger partial charge in [0.1, 0.15) is 18.5 Å². The zero-order valence-corrected chi connectivity index (χ0v) is 14.2. The summed E-state index contributed by atoms with van der Waals surface area (Å²) in [4.78, 5) is 26.6. The summed E-state index contributed by atoms with van der Waals surface area (Å²) in [6.07, 6.45) is 0.0683. The van der Waals surface area contributed by atoms with Gasteiger partial charge in [0.05, 0.1) is 5.92 Å². The van der Waals surface area contributed by atoms with Crippen molar-refractivity contribution in [3.8, 4) is 0 Å². The van der Waals surface area contributed by atoms with Gasteiger partial charge in [-0.1, -0.05) is 42.5 Å². The number of benzene rings is 2. The number of aliphatic hydroxyl groups is 1. The molecule has 1 fully saturated rings. The quantitative estimate of drug-likeness (QED) is 0.860. The van der Waals surface area contributed by atoms with Crippen molar-refractivity contribution in [2.24, 2.45) is 0 Å². The topological polar surface area (TPSA) is 66.8 Å². The van der Waals surface area contributed by atoms with Gasteiger partial charge < -0.3 is 9.84 Å². The van der Waals surface area contributed by atoms with E-state index in [-0.39, 0.29) is 13.2 Å². The van der Waals surface area contributed by atoms with Crippen molar-refractivity contribution in [2.75, 3.05) is 13.2 Å². The summed E-state index contributed by atoms with van der Waals surface area (Å²) in [5, 5.41) is 9.16. The van der Waals surface area contributed by atoms with Gasteiger partial charge in [-0.3, -0.25) is 4.79 Å². The highest BCUT2D eigenvalue weighted by molar-refractivity contribution is 5.97. The standard InChI is InChI=1S/C20H20FNO4/c21-16-10-8-14(9-11-16)17(7-4-12-23)19(24)22-18(13-26-20(22)25)15-5-2-1-3-6-15/h1-3,5-6,8-11,17-18,23H,4,7,12-13H2. The molecule has 2 aromatic rings. The number of imide groups is 1. The Balaban J connectivity index is 1.91. The van der Waals surface area contributed by atoms with Crippen LogP contribution in [0.3, 0.4) is 0 Å². The molecule has 3 rings (SSSR count). The maximum absolute atomic E-state index is 13.2. The lowest BCUT2D eigenvalue weighted by Crippen LogP contribution is -2.38. The van der Waals surface area contributed by atoms with Crippen molar-refractivity contribution >= 4 is 12.0 Å². The van der Waals surface area contributed by atoms with Crippen molar-refractivity contribution in [2.45, 2.75) is 24.8 Å². The lowest BCUT2D eigenvalue weighted by Gasteiger charge is -2.25. The molecule has 26 heavy (non-hydrogen) atoms. The molecule has 0 bridgehead atoms. The van der Waals surface area contributed by atoms with Crippen molar-refractivity contribution < 1.29 is 23.8 Å². The molecule has 0 saturated carbocycles. The van der Waals surface area contributed by atoms with Crippen molar-refractivity contribution in [1.82, 2.24) is 4.90 Å². The highest BCUT2D eigenvalue weighted by Gasteiger charge is 2.41. The van der Waals surface area contributed by atoms with E-state index in [2.05, 4.69) is 0 Å². The largest absolute Gasteiger partial charge is 0.446 e. The summed E-state index contributed by atoms with van der Waals surface area (Å²) in [6, 6.07) is 14.4. The molecule has 0 spiro atoms. The van der Waals surface area contributed by atoms with E-state index in [4.69, 9.17) is 9.84 Å². The summed E-state index contributed by atoms with van der Waals surface area (Å²) in [5.41, 5.74) is 1.42. The number of hydrogen-bond acceptors (Lipinski definition) is 4. The van der Waals surface area contributed by atoms with Crippen LogP contribution >= 0.6 is 0 Å². The van der Waals surface area contributed by atoms with Crippen LogP contribution in [0.15, 0.2) is 54.6 Å². The van der Waals surface area contributed by atoms with Crippen LogP contribution in [0, 0.1) is 5.82 Å². The molecular formula is C20H20FNO4. The lowest BCUT2D eigenvalue weighted by atomic mass is 9.92. The SMILES string of the molecule is O=C1OCC(c2ccccc2)N1C(=O)C(CCCO)c1ccc(F)cc1. The van der Waals surface area contributed by atoms with Crippen LogP contribution in [0.4, 0.5) is 9.18 Å². The van der Waals surface area contributed by atoms with Crippen LogP contribution in [-0.2, 0) is 9.53 Å². The van der Waals surface area contributed by atoms with Gasteiger partial charge in [-0.15, -0.1) is 0 Å². The number of nitrogens with zero attached hydrogens (tertiary/aromatic N) is 1. The van der Waals surface area contributed by atoms with Gasteiger partial charge in [0.15, 0.2) is 0 Å². The molecule has 136 valence electrons. The third-order valence-electron chi connectivity index (χ3n) is 4.52. The second-order valence-corrected chi connectivity index (χ2v) is 6.18. The van der Waals surface area contributed by atoms with E-state index < -0.39 is 29.8 Å². The molecular weight excluding hydrogens is 337 g/mol. The fourth-order valence-corrected chi connectivity index (χ4v) is 3.18. The minimum Gasteiger partial charge on any atom is -0.446 e. The first-order valence-corrected chi connectivity index (χ1v) is 8.53. The van der Waals surface area contributed by atoms with Crippen LogP contribution in [0.2, 0.25) is 0 Å². The minimum absolute atomic E-state index is 0.0719. The third kappa shape index (κ3) is 3.75. The van der Waals surface area contributed by atoms with Gasteiger partial charge in [-0.05, 0) is 36.1 Å². The molecule has 0 radical (unpaired) electrons. The van der Waals surface area contributed by atoms with Crippen LogP contribution in [0.1, 0.15) is 35.9 Å². The van der Waals surface area contributed by atoms with E-state index >= 15 is 0 Å². The molecule has 2 unspecified atom stereocenters. The molecule has 1 N–H and O–H groups in total. The minimum atomic E-state index is -0.681. The number of carbonyl (C=O) groups excluding carboxylic acids is 2. The van der Waals surface area contributed by atoms with Gasteiger partial charge in [0.2, 0.25) is 5.91 Å². The van der Waals surface area contributed by atoms with Crippen LogP contribution in [-0.4, -0.2) is 35.2 Å². The van der Waals surface area contributed by atoms with Gasteiger partial charge in [0.25, 0.3) is 0 Å². The van der Waals surface area contributed by atoms with Gasteiger partial charge in [-0.2, -0.15) is 0 Å². The van der Waals surface area contributed by atoms with Crippen LogP contribution in [0.5, 0.6) is 0 Å². The first-order valence-electron chi connectivity index (χ1n) is 8.53. The number of aliphatic hydroxyl groups excluding tert-OH is 1. The molecule has 1 saturated heterocycles. The predicted octanol–water partition coefficient (Wildman–Crippen LogP) is 3.40. The van der Waals surface area contributed by atoms with Crippen molar-refractivity contribution in [3.05, 3.63) is 71.5 Å². The average Bonchev–Trinajstić information content (AvgIpc) is 3.05. The Morgan fingerprint density at radius 2 is 1.88 bits per heavy atom. The molecule has 2 amide bonds. The fourth-order valence-electron chi connectivity index (χ4n) is 3.18. The number of rotatable bonds is 6. The van der Waals surface area contributed by atoms with Crippen molar-refractivity contribution in [3.63, 3.8) is 0 Å². The summed E-state index contributed by atoms with van der Waals surface area (Å²) in [6.45, 7) is 0.0300. The zero-order chi connectivity index (χ0) is 18.5. The Kier molecular flexibility index (Phi) is 5.63. The summed E-state index contributed by atoms with van der Waals surface area (Å²) in [7, 11) is 0. The van der Waals surface area contributed by atoms with Crippen LogP contribution in [0.25, 0.3) is 0 Å². The normalized spacial score (nSPS) is 17.8. The second-order valence-electron chi connectivity index (χ2n) is 6.18. The number of cyclic esters (lactones) is 1. The number of hydrogen-bond donors (Lipinski definition) is 1. The zero-order valence-electron chi connectivity index (χ0n) is 14.2. The third-order valence-corrected chi connectivity index (χ3v) is 4.52. The number of ether oxygens (including phenoxy) is 1. The maximum Gasteiger partial charge on any atom is 0.417 e. The van der Waals surface area contributed by atoms with Crippen molar-refractivity contribution in [1.29, 1.82) is 0 Å². The molecule has 0 aromatic heterocycles. The summed E-state index contributed by atoms with van der Waals surface area (Å²) < 4.78 is 18.4. The first kappa shape index (κ1) is 18.1. The molecule has 2 atom stereocenters. The Labute approximate surface area is 151 Å². The molecule has 2 aromatic carbocycles. The van der Waals surface area contributed by atoms with E-state index in [0.29, 0.717) is 18.4 Å². The van der Waals surface area contributed by atoms with Crippen LogP contribution < -0.4 is 0 Å². The summed E-state index contributed by atoms with van der Waals surface area (Å²) in [5.74, 6) is -1.45. The van der Waals surface area contributed by atoms with E-state index in [1.165, 1.54) is 24.3 Å². The number of halogens is 1. The smallest absolute Gasteiger partial charge is 0.417 e. The summed E-state index contributed by atoms with van der Waals surface area (Å²) >= 11 is 0. The molecule has 5 nitrogen and oxygen atoms in total.